The molecule has 1 saturated heterocycles. The van der Waals surface area contributed by atoms with Gasteiger partial charge in [0.25, 0.3) is 0 Å². The van der Waals surface area contributed by atoms with Crippen LogP contribution in [0.2, 0.25) is 0 Å². The molecule has 31 heavy (non-hydrogen) atoms. The molecule has 0 amide bonds. The third kappa shape index (κ3) is 15.1. The average molecular weight is 571 g/mol. The maximum Gasteiger partial charge on any atom is 2.00 e. The molecule has 2 aliphatic heterocycles. The molecular formula is C18H36Mn3N3O7+. The number of rotatable bonds is 3. The number of nitrogens with zero attached hydrogens (tertiary/aromatic N) is 2. The van der Waals surface area contributed by atoms with E-state index in [1.54, 1.807) is 0 Å². The van der Waals surface area contributed by atoms with Crippen molar-refractivity contribution in [2.75, 3.05) is 19.6 Å². The molecule has 1 aliphatic carbocycles. The number of carbonyl (C=O) groups is 2. The Morgan fingerprint density at radius 3 is 1.71 bits per heavy atom. The molecule has 2 atom stereocenters. The van der Waals surface area contributed by atoms with E-state index in [9.17, 15) is 9.59 Å². The third-order valence-electron chi connectivity index (χ3n) is 4.95. The van der Waals surface area contributed by atoms with E-state index in [1.165, 1.54) is 18.4 Å². The second-order valence-electron chi connectivity index (χ2n) is 6.50. The fourth-order valence-corrected chi connectivity index (χ4v) is 3.53. The molecule has 2 heterocycles. The number of carboxylic acids is 2. The van der Waals surface area contributed by atoms with E-state index in [0.717, 1.165) is 38.4 Å². The van der Waals surface area contributed by atoms with Gasteiger partial charge in [0.2, 0.25) is 0 Å². The molecule has 3 radical (unpaired) electrons. The molecule has 0 spiro atoms. The Balaban J connectivity index is -0.0000000822. The fourth-order valence-electron chi connectivity index (χ4n) is 3.53. The summed E-state index contributed by atoms with van der Waals surface area (Å²) in [6.07, 6.45) is 11.5. The topological polar surface area (TPSA) is 234 Å². The maximum atomic E-state index is 10.6. The number of aliphatic carboxylic acids is 2. The summed E-state index contributed by atoms with van der Waals surface area (Å²) in [4.78, 5) is 21.2. The molecule has 0 aromatic rings. The van der Waals surface area contributed by atoms with E-state index in [1.807, 2.05) is 6.20 Å². The predicted molar refractivity (Wildman–Crippen MR) is 111 cm³/mol. The molecule has 2 unspecified atom stereocenters. The molecule has 3 rings (SSSR count). The summed E-state index contributed by atoms with van der Waals surface area (Å²) in [5.41, 5.74) is 1.49. The summed E-state index contributed by atoms with van der Waals surface area (Å²) in [5, 5.41) is 25.9. The fraction of sp³-hybridized carbons (Fsp3) is 0.667. The summed E-state index contributed by atoms with van der Waals surface area (Å²) in [5.74, 6) is -2.52. The van der Waals surface area contributed by atoms with Gasteiger partial charge in [0.15, 0.2) is 0 Å². The van der Waals surface area contributed by atoms with Gasteiger partial charge >= 0.3 is 29.0 Å². The SMILES string of the molecule is C1=CC(C2CC[N-]CC2)=CC[N-]1.O.O=C(O)C1CCCCC1C(=O)O.[Mn+2].[Mn].[Mn].[NH2-].[OH3+].[OH3+]. The summed E-state index contributed by atoms with van der Waals surface area (Å²) in [6, 6.07) is 0. The molecular weight excluding hydrogens is 535 g/mol. The van der Waals surface area contributed by atoms with Crippen molar-refractivity contribution in [3.63, 3.8) is 0 Å². The molecule has 3 aliphatic rings. The summed E-state index contributed by atoms with van der Waals surface area (Å²) < 4.78 is 0. The Kier molecular flexibility index (Phi) is 34.6. The van der Waals surface area contributed by atoms with Crippen molar-refractivity contribution in [1.29, 1.82) is 0 Å². The Hall–Kier alpha value is -0.422. The van der Waals surface area contributed by atoms with Crippen molar-refractivity contribution in [1.82, 2.24) is 0 Å². The zero-order valence-electron chi connectivity index (χ0n) is 17.3. The quantitative estimate of drug-likeness (QED) is 0.379. The summed E-state index contributed by atoms with van der Waals surface area (Å²) in [6.45, 7) is 2.97. The Bertz CT molecular complexity index is 498. The van der Waals surface area contributed by atoms with Gasteiger partial charge in [0.05, 0.1) is 11.8 Å². The van der Waals surface area contributed by atoms with Crippen LogP contribution in [0.4, 0.5) is 0 Å². The van der Waals surface area contributed by atoms with Crippen LogP contribution in [0.1, 0.15) is 38.5 Å². The van der Waals surface area contributed by atoms with Gasteiger partial charge in [0, 0.05) is 34.1 Å². The zero-order valence-corrected chi connectivity index (χ0v) is 20.8. The monoisotopic (exact) mass is 571 g/mol. The number of allylic oxidation sites excluding steroid dienone is 2. The number of carboxylic acid groups (broad SMARTS) is 2. The van der Waals surface area contributed by atoms with E-state index in [0.29, 0.717) is 12.8 Å². The van der Waals surface area contributed by atoms with Gasteiger partial charge in [-0.1, -0.05) is 43.4 Å². The number of hydrogen-bond acceptors (Lipinski definition) is 2. The molecule has 0 bridgehead atoms. The minimum absolute atomic E-state index is 0. The van der Waals surface area contributed by atoms with Crippen LogP contribution >= 0.6 is 0 Å². The Labute approximate surface area is 215 Å². The summed E-state index contributed by atoms with van der Waals surface area (Å²) >= 11 is 0. The van der Waals surface area contributed by atoms with Crippen molar-refractivity contribution in [2.45, 2.75) is 38.5 Å². The van der Waals surface area contributed by atoms with Crippen molar-refractivity contribution in [2.24, 2.45) is 17.8 Å². The molecule has 0 aromatic heterocycles. The Morgan fingerprint density at radius 2 is 1.35 bits per heavy atom. The summed E-state index contributed by atoms with van der Waals surface area (Å²) in [7, 11) is 0. The minimum Gasteiger partial charge on any atom is -0.693 e. The number of hydrogen-bond donors (Lipinski definition) is 2. The normalized spacial score (nSPS) is 21.1. The van der Waals surface area contributed by atoms with Crippen LogP contribution in [-0.2, 0) is 71.7 Å². The van der Waals surface area contributed by atoms with Crippen molar-refractivity contribution < 1.29 is 87.4 Å². The van der Waals surface area contributed by atoms with Gasteiger partial charge < -0.3 is 43.4 Å². The van der Waals surface area contributed by atoms with Gasteiger partial charge in [-0.15, -0.1) is 19.6 Å². The van der Waals surface area contributed by atoms with E-state index in [4.69, 9.17) is 10.2 Å². The van der Waals surface area contributed by atoms with Gasteiger partial charge in [0.1, 0.15) is 0 Å². The standard InChI is InChI=1S/C10H14N2.C8H12O4.3Mn.H2N.3H2O/c1-5-11-6-2-9(1)10-3-7-12-8-4-10;9-7(10)5-3-1-2-4-6(5)8(11)12;;;;;;;/h1-2,5,10H,3-4,6-8H2;5-6H,1-4H2,(H,9,10)(H,11,12);;;;4*1H2/q-2;;;;+2;-1;;;/p+2. The maximum absolute atomic E-state index is 10.6. The molecule has 12 N–H and O–H groups in total. The Morgan fingerprint density at radius 1 is 0.903 bits per heavy atom. The van der Waals surface area contributed by atoms with Crippen LogP contribution in [0.25, 0.3) is 16.8 Å². The minimum atomic E-state index is -0.970. The van der Waals surface area contributed by atoms with Gasteiger partial charge in [-0.3, -0.25) is 9.59 Å². The molecule has 2 fully saturated rings. The first-order chi connectivity index (χ1) is 11.6. The van der Waals surface area contributed by atoms with Gasteiger partial charge in [-0.05, 0) is 18.8 Å². The average Bonchev–Trinajstić information content (AvgIpc) is 2.63. The molecule has 10 nitrogen and oxygen atoms in total. The number of piperidine rings is 1. The van der Waals surface area contributed by atoms with Crippen molar-refractivity contribution in [3.8, 4) is 0 Å². The van der Waals surface area contributed by atoms with E-state index >= 15 is 0 Å². The largest absolute Gasteiger partial charge is 2.00 e. The van der Waals surface area contributed by atoms with Crippen LogP contribution < -0.4 is 0 Å². The molecule has 1 saturated carbocycles. The second-order valence-corrected chi connectivity index (χ2v) is 6.50. The van der Waals surface area contributed by atoms with E-state index < -0.39 is 23.8 Å². The first-order valence-corrected chi connectivity index (χ1v) is 8.71. The smallest absolute Gasteiger partial charge is 0.693 e. The van der Waals surface area contributed by atoms with Crippen molar-refractivity contribution >= 4 is 11.9 Å². The second kappa shape index (κ2) is 24.2. The first-order valence-electron chi connectivity index (χ1n) is 8.71. The van der Waals surface area contributed by atoms with Crippen LogP contribution in [-0.4, -0.2) is 47.3 Å². The predicted octanol–water partition coefficient (Wildman–Crippen LogP) is 1.60. The van der Waals surface area contributed by atoms with Gasteiger partial charge in [-0.25, -0.2) is 0 Å². The molecule has 13 heteroatoms. The van der Waals surface area contributed by atoms with E-state index in [-0.39, 0.29) is 73.8 Å². The third-order valence-corrected chi connectivity index (χ3v) is 4.95. The first kappa shape index (κ1) is 44.3. The zero-order chi connectivity index (χ0) is 17.4. The van der Waals surface area contributed by atoms with E-state index in [2.05, 4.69) is 22.8 Å². The molecule has 0 aromatic carbocycles. The van der Waals surface area contributed by atoms with Crippen LogP contribution in [0.3, 0.4) is 0 Å². The van der Waals surface area contributed by atoms with Crippen molar-refractivity contribution in [3.05, 3.63) is 40.7 Å². The van der Waals surface area contributed by atoms with Crippen LogP contribution in [0, 0.1) is 17.8 Å². The van der Waals surface area contributed by atoms with Crippen LogP contribution in [0.15, 0.2) is 23.9 Å². The molecule has 185 valence electrons. The van der Waals surface area contributed by atoms with Crippen LogP contribution in [0.5, 0.6) is 0 Å². The van der Waals surface area contributed by atoms with Gasteiger partial charge in [-0.2, -0.15) is 6.20 Å². The number of nitrogens with two attached hydrogens (primary N) is 1.